The van der Waals surface area contributed by atoms with E-state index in [0.29, 0.717) is 16.9 Å². The molecule has 0 aliphatic heterocycles. The predicted molar refractivity (Wildman–Crippen MR) is 111 cm³/mol. The van der Waals surface area contributed by atoms with Crippen molar-refractivity contribution in [3.05, 3.63) is 67.8 Å². The molecule has 11 nitrogen and oxygen atoms in total. The van der Waals surface area contributed by atoms with Crippen LogP contribution < -0.4 is 16.6 Å². The number of carbonyl (C=O) groups is 2. The Morgan fingerprint density at radius 1 is 1.19 bits per heavy atom. The number of hydrogen-bond donors (Lipinski definition) is 3. The normalized spacial score (nSPS) is 10.6. The molecule has 0 fully saturated rings. The van der Waals surface area contributed by atoms with Gasteiger partial charge in [-0.1, -0.05) is 23.9 Å². The second-order valence-corrected chi connectivity index (χ2v) is 7.18. The number of aromatic amines is 2. The quantitative estimate of drug-likeness (QED) is 0.342. The summed E-state index contributed by atoms with van der Waals surface area (Å²) in [5.74, 6) is -0.789. The largest absolute Gasteiger partial charge is 0.462 e. The first-order valence-corrected chi connectivity index (χ1v) is 10.2. The molecule has 0 atom stereocenters. The van der Waals surface area contributed by atoms with Crippen LogP contribution in [-0.2, 0) is 16.0 Å². The van der Waals surface area contributed by atoms with Crippen molar-refractivity contribution >= 4 is 29.3 Å². The van der Waals surface area contributed by atoms with Crippen molar-refractivity contribution < 1.29 is 18.7 Å². The van der Waals surface area contributed by atoms with Crippen LogP contribution in [0.3, 0.4) is 0 Å². The third kappa shape index (κ3) is 5.69. The Hall–Kier alpha value is -3.67. The van der Waals surface area contributed by atoms with Crippen LogP contribution in [0, 0.1) is 6.92 Å². The molecule has 0 aliphatic carbocycles. The lowest BCUT2D eigenvalue weighted by Crippen LogP contribution is -2.27. The molecule has 3 N–H and O–H groups in total. The molecule has 31 heavy (non-hydrogen) atoms. The van der Waals surface area contributed by atoms with Gasteiger partial charge in [0.2, 0.25) is 11.8 Å². The predicted octanol–water partition coefficient (Wildman–Crippen LogP) is 1.25. The second-order valence-electron chi connectivity index (χ2n) is 6.25. The molecule has 0 saturated heterocycles. The van der Waals surface area contributed by atoms with Crippen LogP contribution in [-0.4, -0.2) is 44.4 Å². The molecule has 0 saturated carbocycles. The maximum Gasteiger partial charge on any atom is 0.340 e. The zero-order valence-electron chi connectivity index (χ0n) is 16.7. The maximum atomic E-state index is 12.3. The number of rotatable bonds is 8. The summed E-state index contributed by atoms with van der Waals surface area (Å²) in [6.07, 6.45) is 0.0324. The highest BCUT2D eigenvalue weighted by molar-refractivity contribution is 7.99. The number of hydrogen-bond acceptors (Lipinski definition) is 9. The van der Waals surface area contributed by atoms with E-state index in [2.05, 4.69) is 25.5 Å². The van der Waals surface area contributed by atoms with Gasteiger partial charge in [-0.2, -0.15) is 0 Å². The highest BCUT2D eigenvalue weighted by atomic mass is 32.2. The first-order chi connectivity index (χ1) is 14.9. The number of nitrogens with one attached hydrogen (secondary N) is 3. The summed E-state index contributed by atoms with van der Waals surface area (Å²) >= 11 is 1.00. The summed E-state index contributed by atoms with van der Waals surface area (Å²) in [5, 5.41) is 10.5. The number of amides is 1. The first-order valence-electron chi connectivity index (χ1n) is 9.20. The van der Waals surface area contributed by atoms with Crippen LogP contribution in [0.5, 0.6) is 0 Å². The van der Waals surface area contributed by atoms with Crippen molar-refractivity contribution in [1.29, 1.82) is 0 Å². The van der Waals surface area contributed by atoms with Crippen molar-refractivity contribution in [2.45, 2.75) is 25.5 Å². The third-order valence-corrected chi connectivity index (χ3v) is 4.87. The SMILES string of the molecule is CCOC(=O)c1ccccc1NC(=O)CSc1nnc(Cc2c(C)[nH]c(=O)[nH]c2=O)o1. The summed E-state index contributed by atoms with van der Waals surface area (Å²) in [4.78, 5) is 52.1. The molecular weight excluding hydrogens is 426 g/mol. The minimum Gasteiger partial charge on any atom is -0.462 e. The smallest absolute Gasteiger partial charge is 0.340 e. The van der Waals surface area contributed by atoms with Gasteiger partial charge in [-0.3, -0.25) is 14.6 Å². The van der Waals surface area contributed by atoms with Crippen molar-refractivity contribution in [3.63, 3.8) is 0 Å². The number of nitrogens with zero attached hydrogens (tertiary/aromatic N) is 2. The Morgan fingerprint density at radius 2 is 1.97 bits per heavy atom. The van der Waals surface area contributed by atoms with Crippen molar-refractivity contribution in [2.24, 2.45) is 0 Å². The average Bonchev–Trinajstić information content (AvgIpc) is 3.17. The van der Waals surface area contributed by atoms with E-state index in [-0.39, 0.29) is 41.4 Å². The standard InChI is InChI=1S/C19H19N5O6S/c1-3-29-17(27)11-6-4-5-7-13(11)21-14(25)9-31-19-24-23-15(30-19)8-12-10(2)20-18(28)22-16(12)26/h4-7H,3,8-9H2,1-2H3,(H,21,25)(H2,20,22,26,28). The molecule has 12 heteroatoms. The minimum atomic E-state index is -0.594. The fourth-order valence-electron chi connectivity index (χ4n) is 2.65. The molecule has 0 spiro atoms. The van der Waals surface area contributed by atoms with Gasteiger partial charge in [-0.15, -0.1) is 10.2 Å². The number of carbonyl (C=O) groups excluding carboxylic acids is 2. The van der Waals surface area contributed by atoms with Gasteiger partial charge in [0.1, 0.15) is 0 Å². The molecule has 2 heterocycles. The number of ether oxygens (including phenoxy) is 1. The lowest BCUT2D eigenvalue weighted by Gasteiger charge is -2.09. The molecule has 0 bridgehead atoms. The number of aryl methyl sites for hydroxylation is 1. The molecule has 0 aliphatic rings. The summed E-state index contributed by atoms with van der Waals surface area (Å²) < 4.78 is 10.4. The number of esters is 1. The van der Waals surface area contributed by atoms with Gasteiger partial charge in [0, 0.05) is 11.3 Å². The molecule has 1 amide bonds. The summed E-state index contributed by atoms with van der Waals surface area (Å²) in [5.41, 5.74) is 0.167. The maximum absolute atomic E-state index is 12.3. The molecule has 0 unspecified atom stereocenters. The van der Waals surface area contributed by atoms with Crippen molar-refractivity contribution in [1.82, 2.24) is 20.2 Å². The van der Waals surface area contributed by atoms with Gasteiger partial charge in [0.15, 0.2) is 0 Å². The Labute approximate surface area is 179 Å². The minimum absolute atomic E-state index is 0.0324. The molecular formula is C19H19N5O6S. The Balaban J connectivity index is 1.60. The van der Waals surface area contributed by atoms with Gasteiger partial charge < -0.3 is 19.5 Å². The molecule has 3 rings (SSSR count). The average molecular weight is 445 g/mol. The van der Waals surface area contributed by atoms with E-state index in [9.17, 15) is 19.2 Å². The topological polar surface area (TPSA) is 160 Å². The zero-order chi connectivity index (χ0) is 22.4. The van der Waals surface area contributed by atoms with E-state index in [4.69, 9.17) is 9.15 Å². The second kappa shape index (κ2) is 9.89. The van der Waals surface area contributed by atoms with E-state index < -0.39 is 17.2 Å². The number of thioether (sulfide) groups is 1. The number of benzene rings is 1. The van der Waals surface area contributed by atoms with Crippen LogP contribution in [0.2, 0.25) is 0 Å². The van der Waals surface area contributed by atoms with Gasteiger partial charge in [-0.25, -0.2) is 9.59 Å². The molecule has 162 valence electrons. The van der Waals surface area contributed by atoms with Crippen LogP contribution in [0.15, 0.2) is 43.5 Å². The third-order valence-electron chi connectivity index (χ3n) is 4.05. The number of aromatic nitrogens is 4. The van der Waals surface area contributed by atoms with Crippen LogP contribution >= 0.6 is 11.8 Å². The number of anilines is 1. The fourth-order valence-corrected chi connectivity index (χ4v) is 3.23. The van der Waals surface area contributed by atoms with Crippen LogP contribution in [0.1, 0.15) is 34.4 Å². The van der Waals surface area contributed by atoms with E-state index >= 15 is 0 Å². The van der Waals surface area contributed by atoms with E-state index in [1.165, 1.54) is 0 Å². The van der Waals surface area contributed by atoms with E-state index in [0.717, 1.165) is 11.8 Å². The Morgan fingerprint density at radius 3 is 2.71 bits per heavy atom. The van der Waals surface area contributed by atoms with Crippen LogP contribution in [0.25, 0.3) is 0 Å². The Bertz CT molecular complexity index is 1210. The van der Waals surface area contributed by atoms with Crippen molar-refractivity contribution in [3.8, 4) is 0 Å². The van der Waals surface area contributed by atoms with Gasteiger partial charge in [0.25, 0.3) is 10.8 Å². The monoisotopic (exact) mass is 445 g/mol. The number of H-pyrrole nitrogens is 2. The van der Waals surface area contributed by atoms with Gasteiger partial charge in [0.05, 0.1) is 30.0 Å². The zero-order valence-corrected chi connectivity index (χ0v) is 17.5. The van der Waals surface area contributed by atoms with Gasteiger partial charge >= 0.3 is 11.7 Å². The molecule has 1 aromatic carbocycles. The van der Waals surface area contributed by atoms with E-state index in [1.807, 2.05) is 0 Å². The molecule has 0 radical (unpaired) electrons. The molecule has 3 aromatic rings. The summed E-state index contributed by atoms with van der Waals surface area (Å²) in [6.45, 7) is 3.51. The van der Waals surface area contributed by atoms with E-state index in [1.54, 1.807) is 38.1 Å². The van der Waals surface area contributed by atoms with Crippen LogP contribution in [0.4, 0.5) is 5.69 Å². The molecule has 2 aromatic heterocycles. The van der Waals surface area contributed by atoms with Crippen molar-refractivity contribution in [2.75, 3.05) is 17.7 Å². The highest BCUT2D eigenvalue weighted by Crippen LogP contribution is 2.20. The summed E-state index contributed by atoms with van der Waals surface area (Å²) in [7, 11) is 0. The lowest BCUT2D eigenvalue weighted by atomic mass is 10.2. The Kier molecular flexibility index (Phi) is 7.03. The lowest BCUT2D eigenvalue weighted by molar-refractivity contribution is -0.113. The highest BCUT2D eigenvalue weighted by Gasteiger charge is 2.16. The van der Waals surface area contributed by atoms with Gasteiger partial charge in [-0.05, 0) is 26.0 Å². The first kappa shape index (κ1) is 22.0. The number of para-hydroxylation sites is 1. The summed E-state index contributed by atoms with van der Waals surface area (Å²) in [6, 6.07) is 6.53. The fraction of sp³-hybridized carbons (Fsp3) is 0.263.